The van der Waals surface area contributed by atoms with Gasteiger partial charge in [0.2, 0.25) is 5.91 Å². The lowest BCUT2D eigenvalue weighted by Crippen LogP contribution is -2.51. The molecule has 1 saturated heterocycles. The predicted molar refractivity (Wildman–Crippen MR) is 66.5 cm³/mol. The second-order valence-corrected chi connectivity index (χ2v) is 4.66. The van der Waals surface area contributed by atoms with Crippen LogP contribution in [0.3, 0.4) is 0 Å². The van der Waals surface area contributed by atoms with Gasteiger partial charge in [0.1, 0.15) is 5.54 Å². The van der Waals surface area contributed by atoms with Crippen LogP contribution in [0.4, 0.5) is 0 Å². The summed E-state index contributed by atoms with van der Waals surface area (Å²) in [5, 5.41) is 23.8. The van der Waals surface area contributed by atoms with E-state index in [1.807, 2.05) is 0 Å². The smallest absolute Gasteiger partial charge is 0.330 e. The fourth-order valence-electron chi connectivity index (χ4n) is 2.24. The molecule has 1 heterocycles. The van der Waals surface area contributed by atoms with E-state index in [0.29, 0.717) is 19.4 Å². The molecule has 1 aliphatic carbocycles. The zero-order valence-electron chi connectivity index (χ0n) is 9.76. The lowest BCUT2D eigenvalue weighted by Gasteiger charge is -2.17. The van der Waals surface area contributed by atoms with Crippen molar-refractivity contribution < 1.29 is 19.8 Å². The number of carboxylic acid groups (broad SMARTS) is 1. The summed E-state index contributed by atoms with van der Waals surface area (Å²) < 4.78 is 0. The average molecular weight is 277 g/mol. The fourth-order valence-corrected chi connectivity index (χ4v) is 2.24. The molecule has 4 N–H and O–H groups in total. The van der Waals surface area contributed by atoms with Crippen LogP contribution < -0.4 is 10.6 Å². The Bertz CT molecular complexity index is 376. The van der Waals surface area contributed by atoms with Crippen molar-refractivity contribution in [3.8, 4) is 0 Å². The van der Waals surface area contributed by atoms with Crippen molar-refractivity contribution in [3.05, 3.63) is 12.7 Å². The van der Waals surface area contributed by atoms with Crippen molar-refractivity contribution in [1.82, 2.24) is 10.6 Å². The quantitative estimate of drug-likeness (QED) is 0.508. The number of aliphatic carboxylic acids is 1. The monoisotopic (exact) mass is 276 g/mol. The number of β-amino-alcohol motifs (C(OH)–C–C–N with tert-alkyl or cyclic N) is 1. The van der Waals surface area contributed by atoms with Gasteiger partial charge in [-0.15, -0.1) is 19.0 Å². The van der Waals surface area contributed by atoms with Gasteiger partial charge in [0.15, 0.2) is 0 Å². The Kier molecular flexibility index (Phi) is 4.37. The first-order valence-corrected chi connectivity index (χ1v) is 5.59. The Morgan fingerprint density at radius 3 is 2.56 bits per heavy atom. The largest absolute Gasteiger partial charge is 0.479 e. The number of carbonyl (C=O) groups excluding carboxylic acids is 1. The van der Waals surface area contributed by atoms with E-state index in [1.165, 1.54) is 0 Å². The van der Waals surface area contributed by atoms with Gasteiger partial charge in [-0.25, -0.2) is 4.79 Å². The molecule has 1 amide bonds. The predicted octanol–water partition coefficient (Wildman–Crippen LogP) is -0.723. The van der Waals surface area contributed by atoms with Crippen molar-refractivity contribution >= 4 is 24.3 Å². The van der Waals surface area contributed by atoms with Crippen molar-refractivity contribution in [2.75, 3.05) is 6.54 Å². The van der Waals surface area contributed by atoms with Crippen LogP contribution in [0.5, 0.6) is 0 Å². The molecule has 0 aromatic carbocycles. The summed E-state index contributed by atoms with van der Waals surface area (Å²) in [6.45, 7) is 3.91. The summed E-state index contributed by atoms with van der Waals surface area (Å²) in [5.74, 6) is -1.61. The molecule has 0 aromatic heterocycles. The number of aliphatic hydroxyl groups excluding tert-OH is 1. The molecule has 4 atom stereocenters. The van der Waals surface area contributed by atoms with Gasteiger partial charge in [-0.1, -0.05) is 6.08 Å². The molecule has 6 nitrogen and oxygen atoms in total. The molecule has 7 heteroatoms. The van der Waals surface area contributed by atoms with Crippen LogP contribution in [0.15, 0.2) is 12.7 Å². The van der Waals surface area contributed by atoms with Gasteiger partial charge >= 0.3 is 5.97 Å². The summed E-state index contributed by atoms with van der Waals surface area (Å²) in [5.41, 5.74) is -1.19. The van der Waals surface area contributed by atoms with E-state index in [4.69, 9.17) is 5.11 Å². The number of hydrogen-bond acceptors (Lipinski definition) is 4. The molecule has 2 fully saturated rings. The van der Waals surface area contributed by atoms with E-state index in [9.17, 15) is 14.7 Å². The molecule has 0 aromatic rings. The first kappa shape index (κ1) is 14.9. The van der Waals surface area contributed by atoms with Gasteiger partial charge < -0.3 is 20.8 Å². The van der Waals surface area contributed by atoms with Crippen LogP contribution in [0.2, 0.25) is 0 Å². The number of hydrogen-bond donors (Lipinski definition) is 4. The molecule has 2 rings (SSSR count). The van der Waals surface area contributed by atoms with Gasteiger partial charge in [-0.3, -0.25) is 4.79 Å². The van der Waals surface area contributed by atoms with E-state index >= 15 is 0 Å². The van der Waals surface area contributed by atoms with E-state index in [-0.39, 0.29) is 24.2 Å². The second kappa shape index (κ2) is 5.26. The van der Waals surface area contributed by atoms with Gasteiger partial charge in [-0.2, -0.15) is 0 Å². The number of rotatable bonds is 4. The van der Waals surface area contributed by atoms with Crippen LogP contribution in [0, 0.1) is 5.92 Å². The van der Waals surface area contributed by atoms with Crippen molar-refractivity contribution in [2.24, 2.45) is 5.92 Å². The number of amides is 1. The zero-order chi connectivity index (χ0) is 12.6. The molecule has 2 aliphatic rings. The molecular formula is C11H17ClN2O4. The molecular weight excluding hydrogens is 260 g/mol. The molecule has 18 heavy (non-hydrogen) atoms. The molecule has 1 saturated carbocycles. The lowest BCUT2D eigenvalue weighted by molar-refractivity contribution is -0.143. The molecule has 1 aliphatic heterocycles. The van der Waals surface area contributed by atoms with Crippen LogP contribution in [0.25, 0.3) is 0 Å². The first-order valence-electron chi connectivity index (χ1n) is 5.59. The Hall–Kier alpha value is -1.11. The summed E-state index contributed by atoms with van der Waals surface area (Å²) in [4.78, 5) is 23.0. The number of carbonyl (C=O) groups is 2. The van der Waals surface area contributed by atoms with E-state index in [1.54, 1.807) is 6.08 Å². The highest BCUT2D eigenvalue weighted by atomic mass is 35.5. The lowest BCUT2D eigenvalue weighted by atomic mass is 10.1. The second-order valence-electron chi connectivity index (χ2n) is 4.66. The summed E-state index contributed by atoms with van der Waals surface area (Å²) in [6.07, 6.45) is 1.71. The van der Waals surface area contributed by atoms with E-state index in [0.717, 1.165) is 0 Å². The third kappa shape index (κ3) is 2.50. The first-order chi connectivity index (χ1) is 7.99. The molecule has 0 radical (unpaired) electrons. The minimum absolute atomic E-state index is 0. The molecule has 0 unspecified atom stereocenters. The number of carboxylic acids is 1. The highest BCUT2D eigenvalue weighted by Crippen LogP contribution is 2.44. The average Bonchev–Trinajstić information content (AvgIpc) is 2.82. The topological polar surface area (TPSA) is 98.7 Å². The minimum Gasteiger partial charge on any atom is -0.479 e. The third-order valence-electron chi connectivity index (χ3n) is 3.45. The van der Waals surface area contributed by atoms with Crippen molar-refractivity contribution in [3.63, 3.8) is 0 Å². The Morgan fingerprint density at radius 1 is 1.50 bits per heavy atom. The van der Waals surface area contributed by atoms with Crippen LogP contribution >= 0.6 is 12.4 Å². The highest BCUT2D eigenvalue weighted by molar-refractivity contribution is 5.92. The normalized spacial score (nSPS) is 37.5. The van der Waals surface area contributed by atoms with Crippen LogP contribution in [-0.2, 0) is 9.59 Å². The van der Waals surface area contributed by atoms with Gasteiger partial charge in [-0.05, 0) is 12.8 Å². The number of aliphatic hydroxyl groups is 1. The summed E-state index contributed by atoms with van der Waals surface area (Å²) in [7, 11) is 0. The summed E-state index contributed by atoms with van der Waals surface area (Å²) in [6, 6.07) is -0.507. The minimum atomic E-state index is -1.19. The Labute approximate surface area is 111 Å². The van der Waals surface area contributed by atoms with Crippen molar-refractivity contribution in [1.29, 1.82) is 0 Å². The van der Waals surface area contributed by atoms with Crippen LogP contribution in [0.1, 0.15) is 12.8 Å². The van der Waals surface area contributed by atoms with Crippen molar-refractivity contribution in [2.45, 2.75) is 30.5 Å². The molecule has 102 valence electrons. The third-order valence-corrected chi connectivity index (χ3v) is 3.45. The summed E-state index contributed by atoms with van der Waals surface area (Å²) >= 11 is 0. The number of nitrogens with one attached hydrogen (secondary N) is 2. The SMILES string of the molecule is C=C[C@@H]1C[C@]1(NC(=O)[C@@H]1C[C@@H](O)CN1)C(=O)O.Cl. The maximum Gasteiger partial charge on any atom is 0.330 e. The Morgan fingerprint density at radius 2 is 2.17 bits per heavy atom. The standard InChI is InChI=1S/C11H16N2O4.ClH/c1-2-6-4-11(6,10(16)17)13-9(15)8-3-7(14)5-12-8;/h2,6-8,12,14H,1,3-5H2,(H,13,15)(H,16,17);1H/t6-,7-,8+,11-;/m1./s1. The van der Waals surface area contributed by atoms with E-state index < -0.39 is 23.7 Å². The number of halogens is 1. The van der Waals surface area contributed by atoms with Gasteiger partial charge in [0.05, 0.1) is 12.1 Å². The maximum atomic E-state index is 11.8. The molecule has 0 spiro atoms. The molecule has 0 bridgehead atoms. The fraction of sp³-hybridized carbons (Fsp3) is 0.636. The Balaban J connectivity index is 0.00000162. The van der Waals surface area contributed by atoms with Crippen LogP contribution in [-0.4, -0.2) is 46.3 Å². The highest BCUT2D eigenvalue weighted by Gasteiger charge is 2.60. The van der Waals surface area contributed by atoms with E-state index in [2.05, 4.69) is 17.2 Å². The van der Waals surface area contributed by atoms with Gasteiger partial charge in [0, 0.05) is 12.5 Å². The maximum absolute atomic E-state index is 11.8. The van der Waals surface area contributed by atoms with Gasteiger partial charge in [0.25, 0.3) is 0 Å². The zero-order valence-corrected chi connectivity index (χ0v) is 10.6.